The first-order valence-corrected chi connectivity index (χ1v) is 8.89. The molecule has 0 saturated carbocycles. The Morgan fingerprint density at radius 1 is 1.09 bits per heavy atom. The van der Waals surface area contributed by atoms with Crippen molar-refractivity contribution in [1.29, 1.82) is 0 Å². The quantitative estimate of drug-likeness (QED) is 0.827. The molecule has 1 N–H and O–H groups in total. The van der Waals surface area contributed by atoms with Gasteiger partial charge in [0, 0.05) is 31.2 Å². The van der Waals surface area contributed by atoms with Gasteiger partial charge in [-0.1, -0.05) is 23.7 Å². The number of β-amino-alcohol motifs (C(OH)–C–C–N with tert-alkyl or cyclic N) is 1. The average Bonchev–Trinajstić information content (AvgIpc) is 2.73. The van der Waals surface area contributed by atoms with E-state index in [4.69, 9.17) is 16.3 Å². The first-order valence-electron chi connectivity index (χ1n) is 8.52. The van der Waals surface area contributed by atoms with Crippen LogP contribution < -0.4 is 0 Å². The van der Waals surface area contributed by atoms with Gasteiger partial charge in [0.2, 0.25) is 0 Å². The zero-order valence-corrected chi connectivity index (χ0v) is 15.0. The minimum Gasteiger partial charge on any atom is -0.389 e. The summed E-state index contributed by atoms with van der Waals surface area (Å²) >= 11 is 5.94. The molecule has 1 unspecified atom stereocenters. The van der Waals surface area contributed by atoms with Crippen LogP contribution in [0.4, 0.5) is 0 Å². The highest BCUT2D eigenvalue weighted by molar-refractivity contribution is 6.30. The molecule has 0 bridgehead atoms. The second-order valence-corrected chi connectivity index (χ2v) is 7.03. The Labute approximate surface area is 145 Å². The van der Waals surface area contributed by atoms with Crippen LogP contribution in [0.1, 0.15) is 25.8 Å². The maximum atomic E-state index is 10.1. The number of hydrogen-bond acceptors (Lipinski definition) is 4. The highest BCUT2D eigenvalue weighted by Gasteiger charge is 2.18. The largest absolute Gasteiger partial charge is 0.389 e. The Hall–Kier alpha value is -0.650. The summed E-state index contributed by atoms with van der Waals surface area (Å²) in [5, 5.41) is 10.9. The summed E-state index contributed by atoms with van der Waals surface area (Å²) in [7, 11) is 0. The lowest BCUT2D eigenvalue weighted by atomic mass is 10.2. The van der Waals surface area contributed by atoms with Gasteiger partial charge in [0.05, 0.1) is 18.8 Å². The molecular weight excluding hydrogens is 312 g/mol. The predicted molar refractivity (Wildman–Crippen MR) is 94.9 cm³/mol. The first-order chi connectivity index (χ1) is 11.0. The molecule has 1 aromatic carbocycles. The van der Waals surface area contributed by atoms with Crippen molar-refractivity contribution in [1.82, 2.24) is 9.80 Å². The number of benzene rings is 1. The van der Waals surface area contributed by atoms with Crippen molar-refractivity contribution in [2.45, 2.75) is 39.0 Å². The molecule has 130 valence electrons. The average molecular weight is 341 g/mol. The van der Waals surface area contributed by atoms with Gasteiger partial charge in [0.15, 0.2) is 0 Å². The summed E-state index contributed by atoms with van der Waals surface area (Å²) in [5.41, 5.74) is 1.30. The standard InChI is InChI=1S/C18H29ClN2O2/c1-15(2)23-14-18(22)13-21-9-3-8-20(10-11-21)12-16-4-6-17(19)7-5-16/h4-7,15,18,22H,3,8-14H2,1-2H3. The Balaban J connectivity index is 1.74. The third kappa shape index (κ3) is 7.19. The minimum absolute atomic E-state index is 0.170. The topological polar surface area (TPSA) is 35.9 Å². The smallest absolute Gasteiger partial charge is 0.0900 e. The summed E-state index contributed by atoms with van der Waals surface area (Å²) in [4.78, 5) is 4.82. The molecule has 1 heterocycles. The van der Waals surface area contributed by atoms with Crippen molar-refractivity contribution in [2.24, 2.45) is 0 Å². The van der Waals surface area contributed by atoms with Crippen molar-refractivity contribution < 1.29 is 9.84 Å². The third-order valence-corrected chi connectivity index (χ3v) is 4.34. The van der Waals surface area contributed by atoms with Gasteiger partial charge in [-0.25, -0.2) is 0 Å². The van der Waals surface area contributed by atoms with E-state index in [1.165, 1.54) is 5.56 Å². The maximum Gasteiger partial charge on any atom is 0.0900 e. The summed E-state index contributed by atoms with van der Waals surface area (Å²) in [5.74, 6) is 0. The van der Waals surface area contributed by atoms with E-state index in [-0.39, 0.29) is 6.10 Å². The van der Waals surface area contributed by atoms with Gasteiger partial charge in [-0.2, -0.15) is 0 Å². The second-order valence-electron chi connectivity index (χ2n) is 6.59. The van der Waals surface area contributed by atoms with Gasteiger partial charge >= 0.3 is 0 Å². The van der Waals surface area contributed by atoms with E-state index in [9.17, 15) is 5.11 Å². The molecule has 4 nitrogen and oxygen atoms in total. The van der Waals surface area contributed by atoms with E-state index in [0.29, 0.717) is 13.2 Å². The van der Waals surface area contributed by atoms with Gasteiger partial charge < -0.3 is 9.84 Å². The van der Waals surface area contributed by atoms with E-state index in [1.54, 1.807) is 0 Å². The van der Waals surface area contributed by atoms with Gasteiger partial charge in [-0.3, -0.25) is 9.80 Å². The van der Waals surface area contributed by atoms with Crippen LogP contribution in [-0.4, -0.2) is 66.4 Å². The Morgan fingerprint density at radius 3 is 2.43 bits per heavy atom. The zero-order valence-electron chi connectivity index (χ0n) is 14.2. The Kier molecular flexibility index (Phi) is 7.80. The normalized spacial score (nSPS) is 19.0. The van der Waals surface area contributed by atoms with Crippen LogP contribution in [0, 0.1) is 0 Å². The molecule has 1 aromatic rings. The lowest BCUT2D eigenvalue weighted by molar-refractivity contribution is -0.00799. The van der Waals surface area contributed by atoms with E-state index in [1.807, 2.05) is 26.0 Å². The van der Waals surface area contributed by atoms with Crippen LogP contribution >= 0.6 is 11.6 Å². The van der Waals surface area contributed by atoms with Crippen LogP contribution in [0.3, 0.4) is 0 Å². The van der Waals surface area contributed by atoms with Gasteiger partial charge in [-0.15, -0.1) is 0 Å². The number of halogens is 1. The van der Waals surface area contributed by atoms with Crippen molar-refractivity contribution in [3.63, 3.8) is 0 Å². The first kappa shape index (κ1) is 18.7. The van der Waals surface area contributed by atoms with Crippen molar-refractivity contribution in [3.8, 4) is 0 Å². The van der Waals surface area contributed by atoms with Crippen LogP contribution in [0.25, 0.3) is 0 Å². The molecule has 0 radical (unpaired) electrons. The summed E-state index contributed by atoms with van der Waals surface area (Å²) in [6, 6.07) is 8.09. The highest BCUT2D eigenvalue weighted by Crippen LogP contribution is 2.13. The SMILES string of the molecule is CC(C)OCC(O)CN1CCCN(Cc2ccc(Cl)cc2)CC1. The third-order valence-electron chi connectivity index (χ3n) is 4.09. The second kappa shape index (κ2) is 9.60. The fourth-order valence-corrected chi connectivity index (χ4v) is 2.99. The van der Waals surface area contributed by atoms with E-state index < -0.39 is 6.10 Å². The predicted octanol–water partition coefficient (Wildman–Crippen LogP) is 2.63. The minimum atomic E-state index is -0.403. The monoisotopic (exact) mass is 340 g/mol. The molecule has 0 aliphatic carbocycles. The molecule has 0 spiro atoms. The van der Waals surface area contributed by atoms with Gasteiger partial charge in [0.25, 0.3) is 0 Å². The van der Waals surface area contributed by atoms with Crippen LogP contribution in [0.2, 0.25) is 5.02 Å². The molecule has 23 heavy (non-hydrogen) atoms. The number of nitrogens with zero attached hydrogens (tertiary/aromatic N) is 2. The van der Waals surface area contributed by atoms with Crippen LogP contribution in [-0.2, 0) is 11.3 Å². The van der Waals surface area contributed by atoms with E-state index in [2.05, 4.69) is 21.9 Å². The molecule has 1 atom stereocenters. The number of aliphatic hydroxyl groups excluding tert-OH is 1. The lowest BCUT2D eigenvalue weighted by Gasteiger charge is -2.24. The molecule has 1 fully saturated rings. The number of ether oxygens (including phenoxy) is 1. The number of rotatable bonds is 7. The Bertz CT molecular complexity index is 453. The Morgan fingerprint density at radius 2 is 1.74 bits per heavy atom. The molecule has 1 saturated heterocycles. The molecular formula is C18H29ClN2O2. The van der Waals surface area contributed by atoms with Crippen molar-refractivity contribution >= 4 is 11.6 Å². The van der Waals surface area contributed by atoms with Crippen molar-refractivity contribution in [2.75, 3.05) is 39.3 Å². The molecule has 1 aliphatic heterocycles. The summed E-state index contributed by atoms with van der Waals surface area (Å²) < 4.78 is 5.49. The summed E-state index contributed by atoms with van der Waals surface area (Å²) in [6.07, 6.45) is 0.898. The number of aliphatic hydroxyl groups is 1. The van der Waals surface area contributed by atoms with Gasteiger partial charge in [-0.05, 0) is 51.1 Å². The lowest BCUT2D eigenvalue weighted by Crippen LogP contribution is -2.38. The fourth-order valence-electron chi connectivity index (χ4n) is 2.87. The van der Waals surface area contributed by atoms with E-state index in [0.717, 1.165) is 44.2 Å². The number of hydrogen-bond donors (Lipinski definition) is 1. The molecule has 5 heteroatoms. The molecule has 0 amide bonds. The molecule has 1 aliphatic rings. The highest BCUT2D eigenvalue weighted by atomic mass is 35.5. The molecule has 2 rings (SSSR count). The fraction of sp³-hybridized carbons (Fsp3) is 0.667. The van der Waals surface area contributed by atoms with Gasteiger partial charge in [0.1, 0.15) is 0 Å². The van der Waals surface area contributed by atoms with Crippen LogP contribution in [0.15, 0.2) is 24.3 Å². The maximum absolute atomic E-state index is 10.1. The van der Waals surface area contributed by atoms with Crippen molar-refractivity contribution in [3.05, 3.63) is 34.9 Å². The summed E-state index contributed by atoms with van der Waals surface area (Å²) in [6.45, 7) is 10.2. The zero-order chi connectivity index (χ0) is 16.7. The molecule has 0 aromatic heterocycles. The van der Waals surface area contributed by atoms with E-state index >= 15 is 0 Å². The van der Waals surface area contributed by atoms with Crippen LogP contribution in [0.5, 0.6) is 0 Å².